The third-order valence-corrected chi connectivity index (χ3v) is 4.84. The maximum Gasteiger partial charge on any atom is 0.231 e. The minimum absolute atomic E-state index is 0.142. The molecule has 1 aromatic rings. The molecule has 0 aromatic heterocycles. The molecule has 2 aliphatic heterocycles. The van der Waals surface area contributed by atoms with Crippen molar-refractivity contribution >= 4 is 0 Å². The van der Waals surface area contributed by atoms with Crippen LogP contribution in [0.15, 0.2) is 18.2 Å². The van der Waals surface area contributed by atoms with Gasteiger partial charge in [0.25, 0.3) is 0 Å². The second-order valence-corrected chi connectivity index (χ2v) is 6.15. The molecule has 4 nitrogen and oxygen atoms in total. The van der Waals surface area contributed by atoms with E-state index in [1.807, 2.05) is 6.07 Å². The van der Waals surface area contributed by atoms with Gasteiger partial charge in [-0.05, 0) is 43.9 Å². The van der Waals surface area contributed by atoms with Gasteiger partial charge in [0.2, 0.25) is 6.79 Å². The summed E-state index contributed by atoms with van der Waals surface area (Å²) in [6.45, 7) is 7.44. The summed E-state index contributed by atoms with van der Waals surface area (Å²) in [4.78, 5) is 0. The predicted octanol–water partition coefficient (Wildman–Crippen LogP) is 2.85. The van der Waals surface area contributed by atoms with Crippen molar-refractivity contribution in [2.24, 2.45) is 0 Å². The Hall–Kier alpha value is -1.26. The smallest absolute Gasteiger partial charge is 0.231 e. The number of ether oxygens (including phenoxy) is 3. The molecule has 1 fully saturated rings. The summed E-state index contributed by atoms with van der Waals surface area (Å²) in [7, 11) is 0. The average Bonchev–Trinajstić information content (AvgIpc) is 3.01. The first kappa shape index (κ1) is 14.7. The molecule has 4 heteroatoms. The lowest BCUT2D eigenvalue weighted by atomic mass is 9.74. The van der Waals surface area contributed by atoms with Crippen LogP contribution in [0.25, 0.3) is 0 Å². The Morgan fingerprint density at radius 1 is 1.19 bits per heavy atom. The van der Waals surface area contributed by atoms with Crippen molar-refractivity contribution in [3.8, 4) is 11.5 Å². The fraction of sp³-hybridized carbons (Fsp3) is 0.647. The Kier molecular flexibility index (Phi) is 4.36. The summed E-state index contributed by atoms with van der Waals surface area (Å²) >= 11 is 0. The van der Waals surface area contributed by atoms with Gasteiger partial charge in [0, 0.05) is 31.2 Å². The van der Waals surface area contributed by atoms with Crippen molar-refractivity contribution in [1.82, 2.24) is 5.32 Å². The van der Waals surface area contributed by atoms with E-state index in [9.17, 15) is 0 Å². The van der Waals surface area contributed by atoms with E-state index < -0.39 is 0 Å². The normalized spacial score (nSPS) is 21.2. The summed E-state index contributed by atoms with van der Waals surface area (Å²) in [6.07, 6.45) is 3.25. The van der Waals surface area contributed by atoms with Crippen molar-refractivity contribution in [2.45, 2.75) is 44.6 Å². The maximum absolute atomic E-state index is 5.59. The van der Waals surface area contributed by atoms with E-state index in [0.717, 1.165) is 50.5 Å². The summed E-state index contributed by atoms with van der Waals surface area (Å²) in [5.41, 5.74) is 1.48. The van der Waals surface area contributed by atoms with E-state index in [0.29, 0.717) is 12.8 Å². The molecule has 0 spiro atoms. The van der Waals surface area contributed by atoms with Crippen LogP contribution >= 0.6 is 0 Å². The molecule has 0 bridgehead atoms. The Balaban J connectivity index is 1.84. The molecule has 1 saturated heterocycles. The Bertz CT molecular complexity index is 483. The summed E-state index contributed by atoms with van der Waals surface area (Å²) in [5, 5.41) is 3.68. The van der Waals surface area contributed by atoms with Crippen molar-refractivity contribution in [3.63, 3.8) is 0 Å². The van der Waals surface area contributed by atoms with Gasteiger partial charge in [-0.25, -0.2) is 0 Å². The van der Waals surface area contributed by atoms with E-state index in [2.05, 4.69) is 31.3 Å². The van der Waals surface area contributed by atoms with Gasteiger partial charge in [-0.15, -0.1) is 0 Å². The van der Waals surface area contributed by atoms with Crippen molar-refractivity contribution in [1.29, 1.82) is 0 Å². The van der Waals surface area contributed by atoms with E-state index in [-0.39, 0.29) is 5.41 Å². The predicted molar refractivity (Wildman–Crippen MR) is 82.1 cm³/mol. The van der Waals surface area contributed by atoms with E-state index >= 15 is 0 Å². The molecular formula is C17H25NO3. The van der Waals surface area contributed by atoms with Crippen molar-refractivity contribution in [2.75, 3.05) is 26.6 Å². The second-order valence-electron chi connectivity index (χ2n) is 6.15. The fourth-order valence-corrected chi connectivity index (χ4v) is 3.07. The third-order valence-electron chi connectivity index (χ3n) is 4.84. The molecule has 0 amide bonds. The van der Waals surface area contributed by atoms with Crippen LogP contribution in [0.4, 0.5) is 0 Å². The number of benzene rings is 1. The number of nitrogens with one attached hydrogen (secondary N) is 1. The molecule has 2 heterocycles. The number of hydrogen-bond donors (Lipinski definition) is 1. The van der Waals surface area contributed by atoms with Crippen LogP contribution in [0, 0.1) is 0 Å². The van der Waals surface area contributed by atoms with Gasteiger partial charge in [0.15, 0.2) is 11.5 Å². The van der Waals surface area contributed by atoms with Crippen LogP contribution in [0.5, 0.6) is 11.5 Å². The minimum Gasteiger partial charge on any atom is -0.454 e. The van der Waals surface area contributed by atoms with E-state index in [1.165, 1.54) is 5.56 Å². The molecule has 3 rings (SSSR count). The van der Waals surface area contributed by atoms with Crippen LogP contribution in [-0.2, 0) is 10.2 Å². The van der Waals surface area contributed by atoms with Gasteiger partial charge in [-0.2, -0.15) is 0 Å². The van der Waals surface area contributed by atoms with Gasteiger partial charge in [0.05, 0.1) is 0 Å². The first-order valence-electron chi connectivity index (χ1n) is 7.95. The minimum atomic E-state index is 0.142. The largest absolute Gasteiger partial charge is 0.454 e. The van der Waals surface area contributed by atoms with Gasteiger partial charge in [-0.1, -0.05) is 13.0 Å². The SMILES string of the molecule is CCC(C)NCC1(c2ccc3c(c2)OCO3)CCOCC1. The van der Waals surface area contributed by atoms with Crippen molar-refractivity contribution < 1.29 is 14.2 Å². The van der Waals surface area contributed by atoms with Crippen LogP contribution in [0.3, 0.4) is 0 Å². The van der Waals surface area contributed by atoms with Gasteiger partial charge >= 0.3 is 0 Å². The van der Waals surface area contributed by atoms with Gasteiger partial charge in [0.1, 0.15) is 0 Å². The third kappa shape index (κ3) is 3.01. The first-order valence-corrected chi connectivity index (χ1v) is 7.95. The molecule has 0 radical (unpaired) electrons. The molecule has 116 valence electrons. The monoisotopic (exact) mass is 291 g/mol. The van der Waals surface area contributed by atoms with Gasteiger partial charge in [-0.3, -0.25) is 0 Å². The topological polar surface area (TPSA) is 39.7 Å². The zero-order valence-electron chi connectivity index (χ0n) is 13.0. The number of rotatable bonds is 5. The van der Waals surface area contributed by atoms with Crippen molar-refractivity contribution in [3.05, 3.63) is 23.8 Å². The average molecular weight is 291 g/mol. The highest BCUT2D eigenvalue weighted by atomic mass is 16.7. The second kappa shape index (κ2) is 6.24. The molecule has 1 N–H and O–H groups in total. The highest BCUT2D eigenvalue weighted by Gasteiger charge is 2.35. The summed E-state index contributed by atoms with van der Waals surface area (Å²) < 4.78 is 16.6. The van der Waals surface area contributed by atoms with Crippen LogP contribution in [-0.4, -0.2) is 32.6 Å². The van der Waals surface area contributed by atoms with Gasteiger partial charge < -0.3 is 19.5 Å². The molecule has 21 heavy (non-hydrogen) atoms. The standard InChI is InChI=1S/C17H25NO3/c1-3-13(2)18-11-17(6-8-19-9-7-17)14-4-5-15-16(10-14)21-12-20-15/h4-5,10,13,18H,3,6-9,11-12H2,1-2H3. The fourth-order valence-electron chi connectivity index (χ4n) is 3.07. The van der Waals surface area contributed by atoms with Crippen LogP contribution < -0.4 is 14.8 Å². The Morgan fingerprint density at radius 2 is 1.95 bits per heavy atom. The molecule has 1 atom stereocenters. The maximum atomic E-state index is 5.59. The lowest BCUT2D eigenvalue weighted by Gasteiger charge is -2.39. The summed E-state index contributed by atoms with van der Waals surface area (Å²) in [5.74, 6) is 1.73. The Labute approximate surface area is 126 Å². The molecule has 0 saturated carbocycles. The van der Waals surface area contributed by atoms with Crippen LogP contribution in [0.2, 0.25) is 0 Å². The summed E-state index contributed by atoms with van der Waals surface area (Å²) in [6, 6.07) is 6.93. The highest BCUT2D eigenvalue weighted by molar-refractivity contribution is 5.47. The molecule has 1 aromatic carbocycles. The zero-order chi connectivity index (χ0) is 14.7. The Morgan fingerprint density at radius 3 is 2.71 bits per heavy atom. The van der Waals surface area contributed by atoms with E-state index in [1.54, 1.807) is 0 Å². The molecule has 0 aliphatic carbocycles. The number of hydrogen-bond acceptors (Lipinski definition) is 4. The molecule has 2 aliphatic rings. The van der Waals surface area contributed by atoms with E-state index in [4.69, 9.17) is 14.2 Å². The lowest BCUT2D eigenvalue weighted by molar-refractivity contribution is 0.0489. The molecular weight excluding hydrogens is 266 g/mol. The molecule has 1 unspecified atom stereocenters. The quantitative estimate of drug-likeness (QED) is 0.905. The number of fused-ring (bicyclic) bond motifs is 1. The first-order chi connectivity index (χ1) is 10.2. The lowest BCUT2D eigenvalue weighted by Crippen LogP contribution is -2.45. The zero-order valence-corrected chi connectivity index (χ0v) is 13.0. The highest BCUT2D eigenvalue weighted by Crippen LogP contribution is 2.40. The van der Waals surface area contributed by atoms with Crippen LogP contribution in [0.1, 0.15) is 38.7 Å².